The van der Waals surface area contributed by atoms with Crippen molar-refractivity contribution in [2.24, 2.45) is 7.05 Å². The minimum atomic E-state index is -0.952. The molecule has 0 bridgehead atoms. The van der Waals surface area contributed by atoms with Crippen LogP contribution in [0.4, 0.5) is 5.69 Å². The minimum absolute atomic E-state index is 0.187. The van der Waals surface area contributed by atoms with E-state index in [4.69, 9.17) is 32.7 Å². The molecule has 1 unspecified atom stereocenters. The lowest BCUT2D eigenvalue weighted by Crippen LogP contribution is -2.45. The van der Waals surface area contributed by atoms with E-state index >= 15 is 0 Å². The van der Waals surface area contributed by atoms with Gasteiger partial charge in [0.25, 0.3) is 0 Å². The molecule has 0 radical (unpaired) electrons. The van der Waals surface area contributed by atoms with Gasteiger partial charge in [-0.3, -0.25) is 9.67 Å². The summed E-state index contributed by atoms with van der Waals surface area (Å²) in [6, 6.07) is 3.86. The Hall–Kier alpha value is -2.74. The van der Waals surface area contributed by atoms with Crippen molar-refractivity contribution in [3.8, 4) is 22.8 Å². The van der Waals surface area contributed by atoms with Crippen LogP contribution in [0.3, 0.4) is 0 Å². The van der Waals surface area contributed by atoms with Crippen LogP contribution in [0.25, 0.3) is 22.9 Å². The third kappa shape index (κ3) is 3.82. The number of nitrogens with zero attached hydrogens (tertiary/aromatic N) is 4. The molecule has 2 aromatic heterocycles. The summed E-state index contributed by atoms with van der Waals surface area (Å²) in [5.74, 6) is 0.851. The maximum Gasteiger partial charge on any atom is 0.154 e. The molecule has 1 aromatic carbocycles. The van der Waals surface area contributed by atoms with Crippen molar-refractivity contribution in [3.05, 3.63) is 51.9 Å². The number of hydrogen-bond donors (Lipinski definition) is 1. The predicted octanol–water partition coefficient (Wildman–Crippen LogP) is 5.43. The van der Waals surface area contributed by atoms with Gasteiger partial charge >= 0.3 is 0 Å². The van der Waals surface area contributed by atoms with E-state index in [0.29, 0.717) is 32.7 Å². The lowest BCUT2D eigenvalue weighted by Gasteiger charge is -2.41. The van der Waals surface area contributed by atoms with Crippen LogP contribution in [0.15, 0.2) is 30.7 Å². The van der Waals surface area contributed by atoms with Gasteiger partial charge in [0.15, 0.2) is 6.23 Å². The van der Waals surface area contributed by atoms with E-state index in [1.54, 1.807) is 16.9 Å². The highest BCUT2D eigenvalue weighted by Gasteiger charge is 2.37. The van der Waals surface area contributed by atoms with E-state index in [2.05, 4.69) is 15.0 Å². The van der Waals surface area contributed by atoms with Crippen molar-refractivity contribution in [2.45, 2.75) is 38.0 Å². The summed E-state index contributed by atoms with van der Waals surface area (Å²) in [5, 5.41) is 16.7. The quantitative estimate of drug-likeness (QED) is 0.503. The number of pyridine rings is 1. The second-order valence-corrected chi connectivity index (χ2v) is 9.39. The molecule has 1 N–H and O–H groups in total. The molecule has 3 heterocycles. The Labute approximate surface area is 208 Å². The number of rotatable bonds is 5. The van der Waals surface area contributed by atoms with Crippen LogP contribution >= 0.6 is 23.2 Å². The van der Waals surface area contributed by atoms with Gasteiger partial charge in [0, 0.05) is 53.8 Å². The zero-order chi connectivity index (χ0) is 24.0. The average Bonchev–Trinajstić information content (AvgIpc) is 3.51. The van der Waals surface area contributed by atoms with Gasteiger partial charge in [-0.2, -0.15) is 5.10 Å². The maximum absolute atomic E-state index is 11.8. The zero-order valence-corrected chi connectivity index (χ0v) is 20.8. The lowest BCUT2D eigenvalue weighted by atomic mass is 9.93. The van der Waals surface area contributed by atoms with E-state index < -0.39 is 6.23 Å². The first-order valence-corrected chi connectivity index (χ1v) is 12.0. The van der Waals surface area contributed by atoms with Gasteiger partial charge in [-0.05, 0) is 25.0 Å². The second-order valence-electron chi connectivity index (χ2n) is 8.63. The summed E-state index contributed by atoms with van der Waals surface area (Å²) < 4.78 is 12.7. The lowest BCUT2D eigenvalue weighted by molar-refractivity contribution is 0.212. The maximum atomic E-state index is 11.8. The molecular formula is C25H26Cl2N4O3. The fraction of sp³-hybridized carbons (Fsp3) is 0.360. The fourth-order valence-electron chi connectivity index (χ4n) is 4.94. The summed E-state index contributed by atoms with van der Waals surface area (Å²) in [6.07, 6.45) is 10.7. The zero-order valence-electron chi connectivity index (χ0n) is 19.3. The number of benzene rings is 1. The Morgan fingerprint density at radius 1 is 1.03 bits per heavy atom. The second kappa shape index (κ2) is 9.13. The Kier molecular flexibility index (Phi) is 6.18. The first kappa shape index (κ1) is 23.0. The molecule has 3 aromatic rings. The molecule has 1 fully saturated rings. The van der Waals surface area contributed by atoms with Gasteiger partial charge in [-0.1, -0.05) is 36.0 Å². The number of methoxy groups -OCH3 is 2. The molecule has 1 atom stereocenters. The van der Waals surface area contributed by atoms with Crippen LogP contribution in [-0.4, -0.2) is 46.4 Å². The largest absolute Gasteiger partial charge is 0.495 e. The number of halogens is 2. The van der Waals surface area contributed by atoms with Gasteiger partial charge < -0.3 is 19.5 Å². The number of aliphatic hydroxyl groups excluding tert-OH is 1. The molecule has 9 heteroatoms. The highest BCUT2D eigenvalue weighted by Crippen LogP contribution is 2.49. The summed E-state index contributed by atoms with van der Waals surface area (Å²) in [6.45, 7) is 0. The molecule has 1 saturated carbocycles. The van der Waals surface area contributed by atoms with Crippen LogP contribution < -0.4 is 14.4 Å². The van der Waals surface area contributed by atoms with E-state index in [1.807, 2.05) is 31.6 Å². The van der Waals surface area contributed by atoms with E-state index in [0.717, 1.165) is 48.2 Å². The molecular weight excluding hydrogens is 475 g/mol. The predicted molar refractivity (Wildman–Crippen MR) is 135 cm³/mol. The van der Waals surface area contributed by atoms with E-state index in [-0.39, 0.29) is 6.04 Å². The van der Waals surface area contributed by atoms with Crippen molar-refractivity contribution in [1.82, 2.24) is 14.8 Å². The fourth-order valence-corrected chi connectivity index (χ4v) is 5.66. The Balaban J connectivity index is 1.70. The highest BCUT2D eigenvalue weighted by molar-refractivity contribution is 6.40. The Morgan fingerprint density at radius 3 is 2.29 bits per heavy atom. The minimum Gasteiger partial charge on any atom is -0.495 e. The summed E-state index contributed by atoms with van der Waals surface area (Å²) in [5.41, 5.74) is 4.62. The summed E-state index contributed by atoms with van der Waals surface area (Å²) >= 11 is 13.4. The number of aromatic nitrogens is 3. The molecule has 1 aliphatic carbocycles. The number of aryl methyl sites for hydroxylation is 1. The number of hydrogen-bond acceptors (Lipinski definition) is 6. The van der Waals surface area contributed by atoms with Crippen LogP contribution in [0, 0.1) is 0 Å². The van der Waals surface area contributed by atoms with Crippen molar-refractivity contribution < 1.29 is 14.6 Å². The van der Waals surface area contributed by atoms with Crippen LogP contribution in [0.1, 0.15) is 36.8 Å². The van der Waals surface area contributed by atoms with Gasteiger partial charge in [-0.15, -0.1) is 0 Å². The van der Waals surface area contributed by atoms with Crippen molar-refractivity contribution in [1.29, 1.82) is 0 Å². The summed E-state index contributed by atoms with van der Waals surface area (Å²) in [4.78, 5) is 6.76. The molecule has 5 rings (SSSR count). The van der Waals surface area contributed by atoms with Crippen molar-refractivity contribution >= 4 is 40.5 Å². The standard InChI is InChI=1S/C25H26Cl2N4O3/c1-30-13-15(12-29-30)18-9-19-14(11-28-18)8-17(25(32)31(19)16-6-4-5-7-16)22-23(26)20(33-2)10-21(34-3)24(22)27/h8-13,16,25,32H,4-7H2,1-3H3. The van der Waals surface area contributed by atoms with Crippen molar-refractivity contribution in [2.75, 3.05) is 19.1 Å². The van der Waals surface area contributed by atoms with Crippen molar-refractivity contribution in [3.63, 3.8) is 0 Å². The third-order valence-corrected chi connectivity index (χ3v) is 7.37. The average molecular weight is 501 g/mol. The van der Waals surface area contributed by atoms with E-state index in [9.17, 15) is 5.11 Å². The van der Waals surface area contributed by atoms with Gasteiger partial charge in [-0.25, -0.2) is 0 Å². The van der Waals surface area contributed by atoms with Crippen LogP contribution in [0.5, 0.6) is 11.5 Å². The number of aliphatic hydroxyl groups is 1. The number of anilines is 1. The molecule has 0 spiro atoms. The van der Waals surface area contributed by atoms with Gasteiger partial charge in [0.05, 0.1) is 41.8 Å². The first-order chi connectivity index (χ1) is 16.4. The Bertz CT molecular complexity index is 1240. The summed E-state index contributed by atoms with van der Waals surface area (Å²) in [7, 11) is 4.95. The number of fused-ring (bicyclic) bond motifs is 1. The first-order valence-electron chi connectivity index (χ1n) is 11.2. The molecule has 7 nitrogen and oxygen atoms in total. The molecule has 2 aliphatic rings. The highest BCUT2D eigenvalue weighted by atomic mass is 35.5. The normalized spacial score (nSPS) is 18.1. The Morgan fingerprint density at radius 2 is 1.71 bits per heavy atom. The molecule has 34 heavy (non-hydrogen) atoms. The topological polar surface area (TPSA) is 72.6 Å². The third-order valence-electron chi connectivity index (χ3n) is 6.62. The van der Waals surface area contributed by atoms with E-state index in [1.165, 1.54) is 14.2 Å². The SMILES string of the molecule is COc1cc(OC)c(Cl)c(C2=Cc3cnc(-c4cnn(C)c4)cc3N(C3CCCC3)C2O)c1Cl. The molecule has 0 saturated heterocycles. The monoisotopic (exact) mass is 500 g/mol. The van der Waals surface area contributed by atoms with Crippen LogP contribution in [-0.2, 0) is 7.05 Å². The van der Waals surface area contributed by atoms with Crippen LogP contribution in [0.2, 0.25) is 10.0 Å². The molecule has 178 valence electrons. The number of ether oxygens (including phenoxy) is 2. The van der Waals surface area contributed by atoms with Gasteiger partial charge in [0.2, 0.25) is 0 Å². The van der Waals surface area contributed by atoms with Gasteiger partial charge in [0.1, 0.15) is 11.5 Å². The molecule has 1 aliphatic heterocycles. The smallest absolute Gasteiger partial charge is 0.154 e. The molecule has 0 amide bonds.